The van der Waals surface area contributed by atoms with Crippen LogP contribution in [-0.4, -0.2) is 97.1 Å². The van der Waals surface area contributed by atoms with Crippen LogP contribution in [-0.2, 0) is 62.6 Å². The number of carbonyl (C=O) groups excluding carboxylic acids is 3. The van der Waals surface area contributed by atoms with E-state index >= 15 is 0 Å². The van der Waals surface area contributed by atoms with E-state index in [1.807, 2.05) is 0 Å². The molecule has 0 aliphatic heterocycles. The highest BCUT2D eigenvalue weighted by Crippen LogP contribution is 2.40. The summed E-state index contributed by atoms with van der Waals surface area (Å²) >= 11 is 3.52. The van der Waals surface area contributed by atoms with Crippen molar-refractivity contribution in [2.75, 3.05) is 55.4 Å². The normalized spacial score (nSPS) is 13.9. The van der Waals surface area contributed by atoms with Gasteiger partial charge in [-0.1, -0.05) is 107 Å². The zero-order valence-electron chi connectivity index (χ0n) is 50.2. The van der Waals surface area contributed by atoms with Crippen molar-refractivity contribution in [2.24, 2.45) is 4.36 Å². The Labute approximate surface area is 531 Å². The minimum absolute atomic E-state index is 0.0925. The first-order valence-corrected chi connectivity index (χ1v) is 35.5. The third-order valence-corrected chi connectivity index (χ3v) is 25.8. The van der Waals surface area contributed by atoms with E-state index in [-0.39, 0.29) is 58.9 Å². The van der Waals surface area contributed by atoms with E-state index in [1.165, 1.54) is 44.4 Å². The number of likely N-dealkylation sites (N-methyl/N-ethyl adjacent to an activating group) is 3. The highest BCUT2D eigenvalue weighted by atomic mass is 32.2. The van der Waals surface area contributed by atoms with Crippen LogP contribution in [0.2, 0.25) is 0 Å². The van der Waals surface area contributed by atoms with Crippen LogP contribution < -0.4 is 14.7 Å². The second kappa shape index (κ2) is 28.1. The Morgan fingerprint density at radius 3 is 1.09 bits per heavy atom. The molecule has 1 N–H and O–H groups in total. The van der Waals surface area contributed by atoms with Gasteiger partial charge in [0.05, 0.1) is 55.8 Å². The van der Waals surface area contributed by atoms with Crippen molar-refractivity contribution in [1.29, 1.82) is 4.78 Å². The number of halogens is 6. The van der Waals surface area contributed by atoms with Gasteiger partial charge in [0.25, 0.3) is 0 Å². The molecule has 3 atom stereocenters. The largest absolute Gasteiger partial charge is 0.291 e. The number of hydrogen-bond acceptors (Lipinski definition) is 14. The van der Waals surface area contributed by atoms with Crippen molar-refractivity contribution in [3.63, 3.8) is 0 Å². The molecule has 1 fully saturated rings. The molecule has 90 heavy (non-hydrogen) atoms. The van der Waals surface area contributed by atoms with E-state index < -0.39 is 63.9 Å². The second-order valence-electron chi connectivity index (χ2n) is 21.2. The van der Waals surface area contributed by atoms with Gasteiger partial charge in [-0.3, -0.25) is 33.3 Å². The number of nitrogens with one attached hydrogen (secondary N) is 1. The second-order valence-corrected chi connectivity index (χ2v) is 32.0. The number of nitrogens with zero attached hydrogens (tertiary/aromatic N) is 7. The molecule has 14 nitrogen and oxygen atoms in total. The SMILES string of the molecule is C=S(C)(=O)c1sc(N(C)C(=O)Cc2ccc(-c3cc(F)ccc3F)cc2)nc1C.CN=S(C)(=O)c1sc(N(C)C(=O)Cc2ccc(-c3cc(F)ccc3F)cc2)nc1C.Cc1nc(N(C)C(=O)Cc2ccc(-c3cc(F)ccc3F)cc2)sc1S(=N)(=O)C1CC1. The van der Waals surface area contributed by atoms with E-state index in [0.717, 1.165) is 89.9 Å². The van der Waals surface area contributed by atoms with Crippen LogP contribution >= 0.6 is 34.0 Å². The Hall–Kier alpha value is -7.88. The monoisotopic (exact) mass is 1340 g/mol. The molecule has 6 aromatic carbocycles. The van der Waals surface area contributed by atoms with Gasteiger partial charge in [-0.2, -0.15) is 0 Å². The lowest BCUT2D eigenvalue weighted by Crippen LogP contribution is -2.27. The highest BCUT2D eigenvalue weighted by Gasteiger charge is 2.37. The molecular weight excluding hydrogens is 1280 g/mol. The number of anilines is 3. The van der Waals surface area contributed by atoms with Gasteiger partial charge in [-0.15, -0.1) is 0 Å². The number of amides is 3. The smallest absolute Gasteiger partial charge is 0.232 e. The lowest BCUT2D eigenvalue weighted by molar-refractivity contribution is -0.118. The third-order valence-electron chi connectivity index (χ3n) is 14.2. The van der Waals surface area contributed by atoms with Gasteiger partial charge in [0.1, 0.15) is 47.5 Å². The van der Waals surface area contributed by atoms with Crippen molar-refractivity contribution in [3.8, 4) is 33.4 Å². The van der Waals surface area contributed by atoms with Crippen molar-refractivity contribution in [3.05, 3.63) is 196 Å². The molecule has 0 radical (unpaired) electrons. The lowest BCUT2D eigenvalue weighted by Gasteiger charge is -2.14. The van der Waals surface area contributed by atoms with Gasteiger partial charge >= 0.3 is 0 Å². The van der Waals surface area contributed by atoms with E-state index in [0.29, 0.717) is 67.4 Å². The summed E-state index contributed by atoms with van der Waals surface area (Å²) in [6, 6.07) is 30.0. The van der Waals surface area contributed by atoms with E-state index in [4.69, 9.17) is 4.78 Å². The fraction of sp³-hybridized carbons (Fsp3) is 0.234. The minimum Gasteiger partial charge on any atom is -0.291 e. The first-order chi connectivity index (χ1) is 42.3. The highest BCUT2D eigenvalue weighted by molar-refractivity contribution is 8.01. The molecule has 3 heterocycles. The number of benzene rings is 6. The molecule has 0 bridgehead atoms. The Balaban J connectivity index is 0.000000174. The summed E-state index contributed by atoms with van der Waals surface area (Å²) in [6.45, 7) is 5.20. The summed E-state index contributed by atoms with van der Waals surface area (Å²) in [4.78, 5) is 55.4. The van der Waals surface area contributed by atoms with Crippen molar-refractivity contribution < 1.29 is 53.4 Å². The van der Waals surface area contributed by atoms with Crippen LogP contribution in [0.15, 0.2) is 144 Å². The molecule has 1 aliphatic carbocycles. The summed E-state index contributed by atoms with van der Waals surface area (Å²) in [5.41, 5.74) is 5.97. The number of rotatable bonds is 16. The predicted octanol–water partition coefficient (Wildman–Crippen LogP) is 14.2. The summed E-state index contributed by atoms with van der Waals surface area (Å²) < 4.78 is 133. The number of hydrogen-bond donors (Lipinski definition) is 1. The molecular formula is C64H62F6N8O6S6. The van der Waals surface area contributed by atoms with Crippen LogP contribution in [0.5, 0.6) is 0 Å². The van der Waals surface area contributed by atoms with Crippen LogP contribution in [0.25, 0.3) is 33.4 Å². The van der Waals surface area contributed by atoms with E-state index in [1.54, 1.807) is 127 Å². The fourth-order valence-corrected chi connectivity index (χ4v) is 17.4. The van der Waals surface area contributed by atoms with Crippen molar-refractivity contribution in [2.45, 2.75) is 70.8 Å². The Morgan fingerprint density at radius 2 is 0.800 bits per heavy atom. The van der Waals surface area contributed by atoms with Gasteiger partial charge in [0.2, 0.25) is 17.7 Å². The van der Waals surface area contributed by atoms with Gasteiger partial charge in [-0.25, -0.2) is 58.9 Å². The first-order valence-electron chi connectivity index (χ1n) is 27.4. The predicted molar refractivity (Wildman–Crippen MR) is 350 cm³/mol. The molecule has 9 aromatic rings. The van der Waals surface area contributed by atoms with Gasteiger partial charge < -0.3 is 0 Å². The molecule has 10 rings (SSSR count). The maximum Gasteiger partial charge on any atom is 0.232 e. The maximum absolute atomic E-state index is 14.0. The van der Waals surface area contributed by atoms with Crippen LogP contribution in [0.4, 0.5) is 41.7 Å². The molecule has 472 valence electrons. The van der Waals surface area contributed by atoms with E-state index in [9.17, 15) is 53.4 Å². The zero-order chi connectivity index (χ0) is 65.7. The topological polar surface area (TPSA) is 187 Å². The van der Waals surface area contributed by atoms with Crippen LogP contribution in [0.3, 0.4) is 0 Å². The molecule has 26 heteroatoms. The molecule has 1 aliphatic rings. The third kappa shape index (κ3) is 16.4. The lowest BCUT2D eigenvalue weighted by atomic mass is 10.0. The maximum atomic E-state index is 14.0. The Kier molecular flexibility index (Phi) is 21.2. The number of thiazole rings is 3. The molecule has 3 unspecified atom stereocenters. The quantitative estimate of drug-likeness (QED) is 0.0725. The standard InChI is InChI=1S/C22H21F2N3O2S2.C21H21F2N3O2S2.C21H20F2N2O2S2/c1-13-21(31(25,29)17-8-9-17)30-22(26-13)27(2)20(28)11-14-3-5-15(6-4-14)18-12-16(23)7-10-19(18)24;1-13-20(30(4,28)24-2)29-21(25-13)26(3)19(27)11-14-5-7-15(8-6-14)17-12-16(22)9-10-18(17)23;1-13-20(29(3,4)27)28-21(24-13)25(2)19(26)11-14-5-7-15(8-6-14)17-12-16(22)9-10-18(17)23/h3-7,10,12,17,25H,8-9,11H2,1-2H3;5-10,12H,11H2,1-4H3;5-10,12H,3,11H2,1-2,4H3. The average Bonchev–Trinajstić information content (AvgIpc) is 1.66. The van der Waals surface area contributed by atoms with Gasteiger partial charge in [0.15, 0.2) is 15.4 Å². The summed E-state index contributed by atoms with van der Waals surface area (Å²) in [5, 5.41) is 1.21. The van der Waals surface area contributed by atoms with E-state index in [2.05, 4.69) is 25.2 Å². The molecule has 0 spiro atoms. The van der Waals surface area contributed by atoms with Crippen LogP contribution in [0.1, 0.15) is 46.6 Å². The molecule has 1 saturated carbocycles. The van der Waals surface area contributed by atoms with Crippen molar-refractivity contribution >= 4 is 102 Å². The molecule has 3 aromatic heterocycles. The summed E-state index contributed by atoms with van der Waals surface area (Å²) in [6.07, 6.45) is 4.98. The minimum atomic E-state index is -2.87. The average molecular weight is 1350 g/mol. The molecule has 0 saturated heterocycles. The number of aryl methyl sites for hydroxylation is 3. The summed E-state index contributed by atoms with van der Waals surface area (Å²) in [7, 11) is -1.49. The van der Waals surface area contributed by atoms with Gasteiger partial charge in [0, 0.05) is 72.2 Å². The first kappa shape index (κ1) is 68.0. The summed E-state index contributed by atoms with van der Waals surface area (Å²) in [5.74, 6) is -0.0217. The Bertz CT molecular complexity index is 4550. The Morgan fingerprint density at radius 1 is 0.511 bits per heavy atom. The van der Waals surface area contributed by atoms with Crippen LogP contribution in [0, 0.1) is 60.5 Å². The number of carbonyl (C=O) groups is 3. The molecule has 3 amide bonds. The fourth-order valence-electron chi connectivity index (χ4n) is 8.97. The van der Waals surface area contributed by atoms with Crippen molar-refractivity contribution in [1.82, 2.24) is 15.0 Å². The van der Waals surface area contributed by atoms with Gasteiger partial charge in [-0.05, 0) is 127 Å². The number of aromatic nitrogens is 3. The zero-order valence-corrected chi connectivity index (χ0v) is 55.1.